The lowest BCUT2D eigenvalue weighted by Crippen LogP contribution is -2.20. The SMILES string of the molecule is NC(=O)c1ccc(NC2CCOc3ccc(Br)cc32)cc1. The van der Waals surface area contributed by atoms with E-state index in [-0.39, 0.29) is 6.04 Å². The van der Waals surface area contributed by atoms with E-state index in [9.17, 15) is 4.79 Å². The minimum Gasteiger partial charge on any atom is -0.493 e. The third-order valence-electron chi connectivity index (χ3n) is 3.52. The van der Waals surface area contributed by atoms with Crippen LogP contribution in [0.4, 0.5) is 5.69 Å². The molecule has 2 aromatic carbocycles. The number of halogens is 1. The van der Waals surface area contributed by atoms with E-state index in [1.165, 1.54) is 0 Å². The van der Waals surface area contributed by atoms with E-state index in [0.717, 1.165) is 27.9 Å². The molecule has 3 rings (SSSR count). The van der Waals surface area contributed by atoms with Crippen molar-refractivity contribution in [2.24, 2.45) is 5.73 Å². The highest BCUT2D eigenvalue weighted by atomic mass is 79.9. The van der Waals surface area contributed by atoms with Gasteiger partial charge in [-0.05, 0) is 42.5 Å². The molecule has 0 fully saturated rings. The highest BCUT2D eigenvalue weighted by Crippen LogP contribution is 2.36. The van der Waals surface area contributed by atoms with Crippen LogP contribution in [0.25, 0.3) is 0 Å². The van der Waals surface area contributed by atoms with Crippen molar-refractivity contribution in [3.05, 3.63) is 58.1 Å². The number of carbonyl (C=O) groups is 1. The van der Waals surface area contributed by atoms with Crippen molar-refractivity contribution < 1.29 is 9.53 Å². The van der Waals surface area contributed by atoms with Crippen LogP contribution in [0.2, 0.25) is 0 Å². The van der Waals surface area contributed by atoms with Gasteiger partial charge in [-0.2, -0.15) is 0 Å². The fourth-order valence-corrected chi connectivity index (χ4v) is 2.83. The fourth-order valence-electron chi connectivity index (χ4n) is 2.45. The van der Waals surface area contributed by atoms with Gasteiger partial charge in [-0.15, -0.1) is 0 Å². The van der Waals surface area contributed by atoms with Gasteiger partial charge in [0.25, 0.3) is 0 Å². The van der Waals surface area contributed by atoms with Crippen LogP contribution in [0.3, 0.4) is 0 Å². The summed E-state index contributed by atoms with van der Waals surface area (Å²) in [6.45, 7) is 0.686. The Hall–Kier alpha value is -2.01. The van der Waals surface area contributed by atoms with E-state index in [1.807, 2.05) is 24.3 Å². The Morgan fingerprint density at radius 2 is 2.00 bits per heavy atom. The molecule has 1 amide bonds. The average molecular weight is 347 g/mol. The number of rotatable bonds is 3. The minimum atomic E-state index is -0.415. The van der Waals surface area contributed by atoms with Gasteiger partial charge in [-0.3, -0.25) is 4.79 Å². The molecule has 0 aromatic heterocycles. The molecule has 1 aliphatic heterocycles. The molecule has 1 aliphatic rings. The number of ether oxygens (including phenoxy) is 1. The molecule has 3 N–H and O–H groups in total. The number of carbonyl (C=O) groups excluding carboxylic acids is 1. The first kappa shape index (κ1) is 13.9. The van der Waals surface area contributed by atoms with Crippen molar-refractivity contribution in [2.75, 3.05) is 11.9 Å². The zero-order chi connectivity index (χ0) is 14.8. The summed E-state index contributed by atoms with van der Waals surface area (Å²) in [6, 6.07) is 13.4. The highest BCUT2D eigenvalue weighted by molar-refractivity contribution is 9.10. The first-order valence-electron chi connectivity index (χ1n) is 6.72. The average Bonchev–Trinajstić information content (AvgIpc) is 2.48. The lowest BCUT2D eigenvalue weighted by molar-refractivity contribution is 0.100. The van der Waals surface area contributed by atoms with E-state index in [4.69, 9.17) is 10.5 Å². The number of anilines is 1. The highest BCUT2D eigenvalue weighted by Gasteiger charge is 2.21. The van der Waals surface area contributed by atoms with Gasteiger partial charge < -0.3 is 15.8 Å². The van der Waals surface area contributed by atoms with Gasteiger partial charge in [-0.1, -0.05) is 15.9 Å². The molecule has 4 nitrogen and oxygen atoms in total. The first-order chi connectivity index (χ1) is 10.1. The molecule has 0 saturated heterocycles. The Morgan fingerprint density at radius 1 is 1.24 bits per heavy atom. The predicted octanol–water partition coefficient (Wildman–Crippen LogP) is 3.48. The third-order valence-corrected chi connectivity index (χ3v) is 4.01. The molecule has 1 heterocycles. The number of nitrogens with two attached hydrogens (primary N) is 1. The van der Waals surface area contributed by atoms with Crippen LogP contribution in [-0.4, -0.2) is 12.5 Å². The Morgan fingerprint density at radius 3 is 2.71 bits per heavy atom. The van der Waals surface area contributed by atoms with Crippen LogP contribution < -0.4 is 15.8 Å². The number of nitrogens with one attached hydrogen (secondary N) is 1. The van der Waals surface area contributed by atoms with E-state index in [0.29, 0.717) is 12.2 Å². The maximum Gasteiger partial charge on any atom is 0.248 e. The van der Waals surface area contributed by atoms with Crippen LogP contribution in [0.5, 0.6) is 5.75 Å². The van der Waals surface area contributed by atoms with Crippen LogP contribution in [0.1, 0.15) is 28.4 Å². The van der Waals surface area contributed by atoms with E-state index in [2.05, 4.69) is 27.3 Å². The molecule has 0 spiro atoms. The molecule has 0 bridgehead atoms. The van der Waals surface area contributed by atoms with E-state index in [1.54, 1.807) is 12.1 Å². The molecule has 0 aliphatic carbocycles. The Bertz CT molecular complexity index is 670. The number of benzene rings is 2. The van der Waals surface area contributed by atoms with Crippen molar-refractivity contribution >= 4 is 27.5 Å². The summed E-state index contributed by atoms with van der Waals surface area (Å²) in [6.07, 6.45) is 0.890. The summed E-state index contributed by atoms with van der Waals surface area (Å²) >= 11 is 3.49. The molecule has 108 valence electrons. The second kappa shape index (κ2) is 5.77. The maximum absolute atomic E-state index is 11.1. The molecular formula is C16H15BrN2O2. The molecule has 1 unspecified atom stereocenters. The summed E-state index contributed by atoms with van der Waals surface area (Å²) in [5.41, 5.74) is 7.85. The van der Waals surface area contributed by atoms with Gasteiger partial charge in [0.05, 0.1) is 12.6 Å². The normalized spacial score (nSPS) is 16.7. The summed E-state index contributed by atoms with van der Waals surface area (Å²) in [4.78, 5) is 11.1. The summed E-state index contributed by atoms with van der Waals surface area (Å²) < 4.78 is 6.71. The standard InChI is InChI=1S/C16H15BrN2O2/c17-11-3-6-15-13(9-11)14(7-8-21-15)19-12-4-1-10(2-5-12)16(18)20/h1-6,9,14,19H,7-8H2,(H2,18,20). The van der Waals surface area contributed by atoms with E-state index < -0.39 is 5.91 Å². The van der Waals surface area contributed by atoms with Gasteiger partial charge >= 0.3 is 0 Å². The van der Waals surface area contributed by atoms with Gasteiger partial charge in [0.15, 0.2) is 0 Å². The second-order valence-electron chi connectivity index (χ2n) is 4.96. The second-order valence-corrected chi connectivity index (χ2v) is 5.87. The molecule has 0 radical (unpaired) electrons. The zero-order valence-electron chi connectivity index (χ0n) is 11.3. The largest absolute Gasteiger partial charge is 0.493 e. The van der Waals surface area contributed by atoms with Crippen molar-refractivity contribution in [1.29, 1.82) is 0 Å². The smallest absolute Gasteiger partial charge is 0.248 e. The number of hydrogen-bond acceptors (Lipinski definition) is 3. The minimum absolute atomic E-state index is 0.186. The number of hydrogen-bond donors (Lipinski definition) is 2. The molecule has 2 aromatic rings. The fraction of sp³-hybridized carbons (Fsp3) is 0.188. The molecule has 0 saturated carbocycles. The van der Waals surface area contributed by atoms with Crippen LogP contribution in [-0.2, 0) is 0 Å². The van der Waals surface area contributed by atoms with Gasteiger partial charge in [0.1, 0.15) is 5.75 Å². The zero-order valence-corrected chi connectivity index (χ0v) is 12.9. The van der Waals surface area contributed by atoms with Crippen LogP contribution in [0, 0.1) is 0 Å². The molecule has 5 heteroatoms. The summed E-state index contributed by atoms with van der Waals surface area (Å²) in [5, 5.41) is 3.48. The van der Waals surface area contributed by atoms with Crippen molar-refractivity contribution in [2.45, 2.75) is 12.5 Å². The number of primary amides is 1. The van der Waals surface area contributed by atoms with E-state index >= 15 is 0 Å². The lowest BCUT2D eigenvalue weighted by Gasteiger charge is -2.27. The molecular weight excluding hydrogens is 332 g/mol. The summed E-state index contributed by atoms with van der Waals surface area (Å²) in [7, 11) is 0. The van der Waals surface area contributed by atoms with Gasteiger partial charge in [0.2, 0.25) is 5.91 Å². The third kappa shape index (κ3) is 3.03. The maximum atomic E-state index is 11.1. The Kier molecular flexibility index (Phi) is 3.84. The first-order valence-corrected chi connectivity index (χ1v) is 7.51. The van der Waals surface area contributed by atoms with Gasteiger partial charge in [0, 0.05) is 27.7 Å². The topological polar surface area (TPSA) is 64.4 Å². The Balaban J connectivity index is 1.83. The number of fused-ring (bicyclic) bond motifs is 1. The quantitative estimate of drug-likeness (QED) is 0.893. The van der Waals surface area contributed by atoms with Crippen molar-refractivity contribution in [1.82, 2.24) is 0 Å². The van der Waals surface area contributed by atoms with Gasteiger partial charge in [-0.25, -0.2) is 0 Å². The number of amides is 1. The summed E-state index contributed by atoms with van der Waals surface area (Å²) in [5.74, 6) is 0.498. The Labute approximate surface area is 131 Å². The molecule has 1 atom stereocenters. The van der Waals surface area contributed by atoms with Crippen molar-refractivity contribution in [3.8, 4) is 5.75 Å². The molecule has 21 heavy (non-hydrogen) atoms. The van der Waals surface area contributed by atoms with Crippen LogP contribution >= 0.6 is 15.9 Å². The predicted molar refractivity (Wildman–Crippen MR) is 85.6 cm³/mol. The lowest BCUT2D eigenvalue weighted by atomic mass is 10.00. The van der Waals surface area contributed by atoms with Crippen LogP contribution in [0.15, 0.2) is 46.9 Å². The van der Waals surface area contributed by atoms with Crippen molar-refractivity contribution in [3.63, 3.8) is 0 Å². The monoisotopic (exact) mass is 346 g/mol.